The van der Waals surface area contributed by atoms with Crippen LogP contribution in [0.3, 0.4) is 0 Å². The topological polar surface area (TPSA) is 29.1 Å². The van der Waals surface area contributed by atoms with Gasteiger partial charge in [0, 0.05) is 22.9 Å². The van der Waals surface area contributed by atoms with Gasteiger partial charge >= 0.3 is 0 Å². The smallest absolute Gasteiger partial charge is 0.0566 e. The first-order valence-corrected chi connectivity index (χ1v) is 6.18. The quantitative estimate of drug-likeness (QED) is 0.808. The Bertz CT molecular complexity index is 376. The third-order valence-electron chi connectivity index (χ3n) is 2.77. The number of rotatable bonds is 2. The molecule has 0 saturated heterocycles. The minimum Gasteiger partial charge on any atom is -0.388 e. The zero-order valence-electron chi connectivity index (χ0n) is 8.54. The van der Waals surface area contributed by atoms with Crippen LogP contribution in [0.25, 0.3) is 0 Å². The molecule has 1 heterocycles. The van der Waals surface area contributed by atoms with Crippen LogP contribution in [0.4, 0.5) is 5.69 Å². The summed E-state index contributed by atoms with van der Waals surface area (Å²) in [4.78, 5) is 1.04. The summed E-state index contributed by atoms with van der Waals surface area (Å²) in [6.45, 7) is 2.10. The summed E-state index contributed by atoms with van der Waals surface area (Å²) in [6.07, 6.45) is 1.96. The number of anilines is 1. The molecule has 0 saturated carbocycles. The van der Waals surface area contributed by atoms with Gasteiger partial charge in [0.25, 0.3) is 0 Å². The average molecular weight is 209 g/mol. The molecule has 3 heteroatoms. The molecule has 1 aliphatic heterocycles. The van der Waals surface area contributed by atoms with Crippen LogP contribution >= 0.6 is 0 Å². The highest BCUT2D eigenvalue weighted by Gasteiger charge is 2.27. The van der Waals surface area contributed by atoms with Gasteiger partial charge in [0.1, 0.15) is 0 Å². The van der Waals surface area contributed by atoms with Crippen LogP contribution in [0.5, 0.6) is 0 Å². The highest BCUT2D eigenvalue weighted by molar-refractivity contribution is 7.86. The lowest BCUT2D eigenvalue weighted by atomic mass is 10.1. The fourth-order valence-electron chi connectivity index (χ4n) is 1.89. The molecule has 2 unspecified atom stereocenters. The fourth-order valence-corrected chi connectivity index (χ4v) is 3.48. The number of hydrogen-bond acceptors (Lipinski definition) is 2. The second-order valence-electron chi connectivity index (χ2n) is 3.60. The summed E-state index contributed by atoms with van der Waals surface area (Å²) in [5.74, 6) is 0. The summed E-state index contributed by atoms with van der Waals surface area (Å²) < 4.78 is 11.9. The van der Waals surface area contributed by atoms with E-state index in [1.807, 2.05) is 19.2 Å². The van der Waals surface area contributed by atoms with Crippen LogP contribution in [0.15, 0.2) is 23.1 Å². The molecule has 14 heavy (non-hydrogen) atoms. The van der Waals surface area contributed by atoms with Gasteiger partial charge in [-0.25, -0.2) is 0 Å². The Labute approximate surface area is 87.2 Å². The molecule has 0 radical (unpaired) electrons. The van der Waals surface area contributed by atoms with Crippen LogP contribution in [0.1, 0.15) is 18.9 Å². The van der Waals surface area contributed by atoms with E-state index in [1.165, 1.54) is 5.56 Å². The molecule has 1 aromatic rings. The second kappa shape index (κ2) is 3.73. The molecular formula is C11H15NOS. The molecule has 0 spiro atoms. The summed E-state index contributed by atoms with van der Waals surface area (Å²) in [5, 5.41) is 3.44. The van der Waals surface area contributed by atoms with Crippen LogP contribution in [-0.2, 0) is 17.2 Å². The molecular weight excluding hydrogens is 194 g/mol. The molecule has 2 rings (SSSR count). The molecule has 0 aliphatic carbocycles. The zero-order chi connectivity index (χ0) is 10.1. The van der Waals surface area contributed by atoms with Gasteiger partial charge in [-0.3, -0.25) is 4.21 Å². The number of fused-ring (bicyclic) bond motifs is 1. The Morgan fingerprint density at radius 1 is 1.57 bits per heavy atom. The summed E-state index contributed by atoms with van der Waals surface area (Å²) in [6, 6.07) is 6.10. The third-order valence-corrected chi connectivity index (χ3v) is 4.71. The molecule has 0 amide bonds. The average Bonchev–Trinajstić information content (AvgIpc) is 2.55. The van der Waals surface area contributed by atoms with Crippen molar-refractivity contribution in [3.63, 3.8) is 0 Å². The first kappa shape index (κ1) is 9.71. The van der Waals surface area contributed by atoms with Crippen LogP contribution < -0.4 is 5.32 Å². The van der Waals surface area contributed by atoms with Crippen molar-refractivity contribution < 1.29 is 4.21 Å². The predicted octanol–water partition coefficient (Wildman–Crippen LogP) is 2.17. The van der Waals surface area contributed by atoms with Gasteiger partial charge in [0.15, 0.2) is 0 Å². The Kier molecular flexibility index (Phi) is 2.59. The van der Waals surface area contributed by atoms with Crippen molar-refractivity contribution in [1.82, 2.24) is 0 Å². The van der Waals surface area contributed by atoms with Crippen molar-refractivity contribution in [2.75, 3.05) is 12.4 Å². The molecule has 0 fully saturated rings. The summed E-state index contributed by atoms with van der Waals surface area (Å²) in [5.41, 5.74) is 2.36. The van der Waals surface area contributed by atoms with Crippen molar-refractivity contribution in [2.24, 2.45) is 0 Å². The minimum absolute atomic E-state index is 0.331. The maximum Gasteiger partial charge on any atom is 0.0566 e. The lowest BCUT2D eigenvalue weighted by molar-refractivity contribution is 0.671. The number of nitrogens with one attached hydrogen (secondary N) is 1. The molecule has 0 bridgehead atoms. The van der Waals surface area contributed by atoms with Crippen molar-refractivity contribution in [1.29, 1.82) is 0 Å². The van der Waals surface area contributed by atoms with E-state index in [4.69, 9.17) is 0 Å². The predicted molar refractivity (Wildman–Crippen MR) is 60.2 cm³/mol. The highest BCUT2D eigenvalue weighted by Crippen LogP contribution is 2.31. The van der Waals surface area contributed by atoms with E-state index in [1.54, 1.807) is 0 Å². The second-order valence-corrected chi connectivity index (χ2v) is 5.31. The maximum atomic E-state index is 11.9. The maximum absolute atomic E-state index is 11.9. The molecule has 2 nitrogen and oxygen atoms in total. The number of hydrogen-bond donors (Lipinski definition) is 1. The van der Waals surface area contributed by atoms with E-state index >= 15 is 0 Å². The normalized spacial score (nSPS) is 24.7. The van der Waals surface area contributed by atoms with Gasteiger partial charge in [-0.05, 0) is 36.6 Å². The standard InChI is InChI=1S/C11H15NOS/c1-3-10-7-8-6-9(12-2)4-5-11(8)14(10)13/h4-6,10,12H,3,7H2,1-2H3. The lowest BCUT2D eigenvalue weighted by Gasteiger charge is -2.02. The van der Waals surface area contributed by atoms with Crippen LogP contribution in [-0.4, -0.2) is 16.5 Å². The number of benzene rings is 1. The zero-order valence-corrected chi connectivity index (χ0v) is 9.36. The third kappa shape index (κ3) is 1.46. The Morgan fingerprint density at radius 3 is 3.00 bits per heavy atom. The first-order valence-electron chi connectivity index (χ1n) is 4.97. The molecule has 2 atom stereocenters. The molecule has 1 aromatic carbocycles. The van der Waals surface area contributed by atoms with Gasteiger partial charge in [-0.15, -0.1) is 0 Å². The van der Waals surface area contributed by atoms with Gasteiger partial charge in [0.2, 0.25) is 0 Å². The monoisotopic (exact) mass is 209 g/mol. The summed E-state index contributed by atoms with van der Waals surface area (Å²) >= 11 is 0. The van der Waals surface area contributed by atoms with E-state index in [0.717, 1.165) is 23.4 Å². The fraction of sp³-hybridized carbons (Fsp3) is 0.455. The van der Waals surface area contributed by atoms with E-state index in [2.05, 4.69) is 18.3 Å². The Morgan fingerprint density at radius 2 is 2.36 bits per heavy atom. The Balaban J connectivity index is 2.38. The summed E-state index contributed by atoms with van der Waals surface area (Å²) in [7, 11) is 1.13. The van der Waals surface area contributed by atoms with Gasteiger partial charge in [-0.2, -0.15) is 0 Å². The minimum atomic E-state index is -0.774. The molecule has 1 N–H and O–H groups in total. The lowest BCUT2D eigenvalue weighted by Crippen LogP contribution is -2.08. The van der Waals surface area contributed by atoms with Gasteiger partial charge < -0.3 is 5.32 Å². The molecule has 76 valence electrons. The largest absolute Gasteiger partial charge is 0.388 e. The van der Waals surface area contributed by atoms with E-state index in [9.17, 15) is 4.21 Å². The van der Waals surface area contributed by atoms with Crippen molar-refractivity contribution >= 4 is 16.5 Å². The SMILES string of the molecule is CCC1Cc2cc(NC)ccc2S1=O. The van der Waals surface area contributed by atoms with E-state index in [-0.39, 0.29) is 0 Å². The van der Waals surface area contributed by atoms with E-state index in [0.29, 0.717) is 5.25 Å². The van der Waals surface area contributed by atoms with Crippen molar-refractivity contribution in [3.8, 4) is 0 Å². The first-order chi connectivity index (χ1) is 6.76. The van der Waals surface area contributed by atoms with Gasteiger partial charge in [0.05, 0.1) is 10.8 Å². The molecule has 1 aliphatic rings. The Hall–Kier alpha value is -0.830. The van der Waals surface area contributed by atoms with Crippen molar-refractivity contribution in [2.45, 2.75) is 29.9 Å². The van der Waals surface area contributed by atoms with E-state index < -0.39 is 10.8 Å². The van der Waals surface area contributed by atoms with Crippen molar-refractivity contribution in [3.05, 3.63) is 23.8 Å². The van der Waals surface area contributed by atoms with Gasteiger partial charge in [-0.1, -0.05) is 6.92 Å². The van der Waals surface area contributed by atoms with Crippen LogP contribution in [0, 0.1) is 0 Å². The molecule has 0 aromatic heterocycles. The highest BCUT2D eigenvalue weighted by atomic mass is 32.2. The van der Waals surface area contributed by atoms with Crippen LogP contribution in [0.2, 0.25) is 0 Å².